The van der Waals surface area contributed by atoms with Crippen molar-refractivity contribution in [3.05, 3.63) is 106 Å². The number of rotatable bonds is 3. The van der Waals surface area contributed by atoms with Gasteiger partial charge in [-0.1, -0.05) is 146 Å². The van der Waals surface area contributed by atoms with Gasteiger partial charge < -0.3 is 4.84 Å². The Morgan fingerprint density at radius 1 is 0.583 bits per heavy atom. The third-order valence-electron chi connectivity index (χ3n) is 6.12. The van der Waals surface area contributed by atoms with Gasteiger partial charge in [0, 0.05) is 0 Å². The van der Waals surface area contributed by atoms with E-state index >= 15 is 0 Å². The van der Waals surface area contributed by atoms with Crippen molar-refractivity contribution in [2.75, 3.05) is 6.61 Å². The molecule has 0 spiro atoms. The van der Waals surface area contributed by atoms with Crippen LogP contribution in [-0.4, -0.2) is 6.61 Å². The normalized spacial score (nSPS) is 11.7. The monoisotopic (exact) mass is 489 g/mol. The summed E-state index contributed by atoms with van der Waals surface area (Å²) < 4.78 is 0. The maximum Gasteiger partial charge on any atom is 0.0719 e. The minimum Gasteiger partial charge on any atom is -0.304 e. The van der Waals surface area contributed by atoms with E-state index in [9.17, 15) is 0 Å². The van der Waals surface area contributed by atoms with Crippen molar-refractivity contribution in [1.29, 1.82) is 0 Å². The van der Waals surface area contributed by atoms with E-state index in [0.29, 0.717) is 6.61 Å². The molecule has 0 unspecified atom stereocenters. The molecule has 0 atom stereocenters. The largest absolute Gasteiger partial charge is 0.304 e. The molecule has 3 aromatic carbocycles. The molecule has 0 fully saturated rings. The molecular formula is C34H51NO. The van der Waals surface area contributed by atoms with Crippen LogP contribution in [0.1, 0.15) is 95.7 Å². The second kappa shape index (κ2) is 13.8. The molecule has 3 aromatic rings. The van der Waals surface area contributed by atoms with Crippen LogP contribution in [-0.2, 0) is 27.5 Å². The number of benzene rings is 3. The third-order valence-corrected chi connectivity index (χ3v) is 6.12. The number of nitrogens with two attached hydrogens (primary N) is 1. The Kier molecular flexibility index (Phi) is 12.1. The van der Waals surface area contributed by atoms with Gasteiger partial charge in [-0.25, -0.2) is 5.90 Å². The number of hydrogen-bond acceptors (Lipinski definition) is 2. The van der Waals surface area contributed by atoms with Gasteiger partial charge in [0.1, 0.15) is 0 Å². The average molecular weight is 490 g/mol. The maximum atomic E-state index is 5.04. The molecule has 36 heavy (non-hydrogen) atoms. The molecule has 0 radical (unpaired) electrons. The first-order valence-electron chi connectivity index (χ1n) is 13.1. The summed E-state index contributed by atoms with van der Waals surface area (Å²) in [5.41, 5.74) is 8.95. The molecular weight excluding hydrogens is 438 g/mol. The Hall–Kier alpha value is -2.42. The molecule has 0 aromatic heterocycles. The van der Waals surface area contributed by atoms with Crippen molar-refractivity contribution >= 4 is 0 Å². The van der Waals surface area contributed by atoms with Crippen LogP contribution in [0.4, 0.5) is 0 Å². The lowest BCUT2D eigenvalue weighted by atomic mass is 9.83. The van der Waals surface area contributed by atoms with E-state index in [2.05, 4.69) is 154 Å². The van der Waals surface area contributed by atoms with Gasteiger partial charge in [-0.05, 0) is 58.8 Å². The fourth-order valence-corrected chi connectivity index (χ4v) is 3.80. The van der Waals surface area contributed by atoms with Gasteiger partial charge in [-0.3, -0.25) is 0 Å². The van der Waals surface area contributed by atoms with E-state index in [-0.39, 0.29) is 16.2 Å². The number of aryl methyl sites for hydroxylation is 2. The predicted octanol–water partition coefficient (Wildman–Crippen LogP) is 9.00. The van der Waals surface area contributed by atoms with Crippen molar-refractivity contribution in [3.8, 4) is 0 Å². The van der Waals surface area contributed by atoms with E-state index in [1.807, 2.05) is 0 Å². The first-order valence-corrected chi connectivity index (χ1v) is 13.1. The van der Waals surface area contributed by atoms with Crippen LogP contribution < -0.4 is 5.90 Å². The summed E-state index contributed by atoms with van der Waals surface area (Å²) in [5.74, 6) is 5.04. The first-order chi connectivity index (χ1) is 16.6. The first kappa shape index (κ1) is 31.6. The number of hydrogen-bond donors (Lipinski definition) is 1. The molecule has 0 aliphatic rings. The Balaban J connectivity index is 0.000000273. The molecule has 198 valence electrons. The maximum absolute atomic E-state index is 5.04. The molecule has 0 heterocycles. The topological polar surface area (TPSA) is 35.2 Å². The van der Waals surface area contributed by atoms with Crippen LogP contribution in [0.5, 0.6) is 0 Å². The van der Waals surface area contributed by atoms with Crippen LogP contribution in [0.2, 0.25) is 0 Å². The van der Waals surface area contributed by atoms with Gasteiger partial charge in [0.2, 0.25) is 0 Å². The molecule has 0 aliphatic carbocycles. The van der Waals surface area contributed by atoms with Crippen molar-refractivity contribution < 1.29 is 4.84 Å². The molecule has 2 N–H and O–H groups in total. The molecule has 0 amide bonds. The standard InChI is InChI=1S/C12H19NO.2C11H16/c1-12(2,3)11-7-5-4-6-10(11)8-9-14-13;1-9-5-7-10(8-6-9)11(2,3)4;1-9-6-5-7-10(8-9)11(2,3)4/h4-7H,8-9,13H2,1-3H3;2*5-8H,1-4H3. The van der Waals surface area contributed by atoms with Gasteiger partial charge in [0.25, 0.3) is 0 Å². The zero-order valence-electron chi connectivity index (χ0n) is 24.8. The Morgan fingerprint density at radius 2 is 1.14 bits per heavy atom. The molecule has 0 bridgehead atoms. The summed E-state index contributed by atoms with van der Waals surface area (Å²) >= 11 is 0. The van der Waals surface area contributed by atoms with E-state index in [4.69, 9.17) is 5.90 Å². The second-order valence-electron chi connectivity index (χ2n) is 12.8. The highest BCUT2D eigenvalue weighted by molar-refractivity contribution is 5.33. The lowest BCUT2D eigenvalue weighted by Gasteiger charge is -2.22. The molecule has 2 heteroatoms. The third kappa shape index (κ3) is 11.5. The Morgan fingerprint density at radius 3 is 1.58 bits per heavy atom. The summed E-state index contributed by atoms with van der Waals surface area (Å²) in [6.45, 7) is 24.9. The fourth-order valence-electron chi connectivity index (χ4n) is 3.80. The average Bonchev–Trinajstić information content (AvgIpc) is 2.77. The van der Waals surface area contributed by atoms with Crippen molar-refractivity contribution in [1.82, 2.24) is 0 Å². The van der Waals surface area contributed by atoms with E-state index in [0.717, 1.165) is 6.42 Å². The fraction of sp³-hybridized carbons (Fsp3) is 0.471. The van der Waals surface area contributed by atoms with Gasteiger partial charge in [0.05, 0.1) is 6.61 Å². The van der Waals surface area contributed by atoms with Crippen molar-refractivity contribution in [2.24, 2.45) is 5.90 Å². The molecule has 0 saturated carbocycles. The summed E-state index contributed by atoms with van der Waals surface area (Å²) in [5, 5.41) is 0. The second-order valence-corrected chi connectivity index (χ2v) is 12.8. The highest BCUT2D eigenvalue weighted by Gasteiger charge is 2.16. The Labute approximate surface area is 222 Å². The summed E-state index contributed by atoms with van der Waals surface area (Å²) in [4.78, 5) is 4.61. The molecule has 0 saturated heterocycles. The molecule has 2 nitrogen and oxygen atoms in total. The van der Waals surface area contributed by atoms with E-state index in [1.54, 1.807) is 0 Å². The minimum atomic E-state index is 0.186. The highest BCUT2D eigenvalue weighted by Crippen LogP contribution is 2.26. The zero-order chi connectivity index (χ0) is 27.6. The zero-order valence-corrected chi connectivity index (χ0v) is 24.8. The van der Waals surface area contributed by atoms with E-state index in [1.165, 1.54) is 33.4 Å². The molecule has 0 aliphatic heterocycles. The molecule has 3 rings (SSSR count). The van der Waals surface area contributed by atoms with Gasteiger partial charge in [-0.2, -0.15) is 0 Å². The van der Waals surface area contributed by atoms with Gasteiger partial charge in [-0.15, -0.1) is 0 Å². The SMILES string of the molecule is CC(C)(C)c1ccccc1CCON.Cc1ccc(C(C)(C)C)cc1.Cc1cccc(C(C)(C)C)c1. The smallest absolute Gasteiger partial charge is 0.0719 e. The van der Waals surface area contributed by atoms with Crippen LogP contribution in [0.25, 0.3) is 0 Å². The predicted molar refractivity (Wildman–Crippen MR) is 159 cm³/mol. The van der Waals surface area contributed by atoms with Gasteiger partial charge in [0.15, 0.2) is 0 Å². The minimum absolute atomic E-state index is 0.186. The van der Waals surface area contributed by atoms with Crippen LogP contribution >= 0.6 is 0 Å². The lowest BCUT2D eigenvalue weighted by Crippen LogP contribution is -2.15. The van der Waals surface area contributed by atoms with Gasteiger partial charge >= 0.3 is 0 Å². The summed E-state index contributed by atoms with van der Waals surface area (Å²) in [7, 11) is 0. The van der Waals surface area contributed by atoms with Crippen molar-refractivity contribution in [3.63, 3.8) is 0 Å². The summed E-state index contributed by atoms with van der Waals surface area (Å²) in [6, 6.07) is 25.9. The van der Waals surface area contributed by atoms with E-state index < -0.39 is 0 Å². The summed E-state index contributed by atoms with van der Waals surface area (Å²) in [6.07, 6.45) is 0.879. The highest BCUT2D eigenvalue weighted by atomic mass is 16.6. The Bertz CT molecular complexity index is 1030. The lowest BCUT2D eigenvalue weighted by molar-refractivity contribution is 0.141. The van der Waals surface area contributed by atoms with Crippen LogP contribution in [0.15, 0.2) is 72.8 Å². The van der Waals surface area contributed by atoms with Crippen LogP contribution in [0, 0.1) is 13.8 Å². The quantitative estimate of drug-likeness (QED) is 0.372. The van der Waals surface area contributed by atoms with Crippen LogP contribution in [0.3, 0.4) is 0 Å². The van der Waals surface area contributed by atoms with Crippen molar-refractivity contribution in [2.45, 2.75) is 98.8 Å².